The van der Waals surface area contributed by atoms with Gasteiger partial charge in [-0.1, -0.05) is 12.1 Å². The number of piperazine rings is 1. The summed E-state index contributed by atoms with van der Waals surface area (Å²) in [7, 11) is 0. The summed E-state index contributed by atoms with van der Waals surface area (Å²) >= 11 is 5.85. The smallest absolute Gasteiger partial charge is 0.262 e. The third kappa shape index (κ3) is 7.01. The number of nitrogens with zero attached hydrogens (tertiary/aromatic N) is 8. The van der Waals surface area contributed by atoms with Crippen LogP contribution in [0.25, 0.3) is 4.85 Å². The summed E-state index contributed by atoms with van der Waals surface area (Å²) in [6, 6.07) is 13.8. The molecule has 5 aliphatic rings. The van der Waals surface area contributed by atoms with Crippen LogP contribution in [0.3, 0.4) is 0 Å². The van der Waals surface area contributed by atoms with Crippen molar-refractivity contribution < 1.29 is 24.0 Å². The number of hydrogen-bond donors (Lipinski definition) is 1. The van der Waals surface area contributed by atoms with E-state index < -0.39 is 35.2 Å². The summed E-state index contributed by atoms with van der Waals surface area (Å²) in [6.45, 7) is 19.7. The van der Waals surface area contributed by atoms with Gasteiger partial charge in [-0.25, -0.2) is 9.83 Å². The highest BCUT2D eigenvalue weighted by Gasteiger charge is 2.49. The number of aromatic nitrogens is 1. The molecule has 4 saturated heterocycles. The average Bonchev–Trinajstić information content (AvgIpc) is 3.54. The zero-order chi connectivity index (χ0) is 40.2. The third-order valence-corrected chi connectivity index (χ3v) is 12.6. The van der Waals surface area contributed by atoms with Gasteiger partial charge in [-0.3, -0.25) is 44.0 Å². The maximum absolute atomic E-state index is 13.6. The number of hydrogen-bond acceptors (Lipinski definition) is 10. The number of rotatable bonds is 8. The van der Waals surface area contributed by atoms with Gasteiger partial charge in [0, 0.05) is 76.4 Å². The number of thiocarbonyl (C=S) groups is 1. The summed E-state index contributed by atoms with van der Waals surface area (Å²) in [6.07, 6.45) is 4.24. The van der Waals surface area contributed by atoms with Crippen LogP contribution >= 0.6 is 12.2 Å². The van der Waals surface area contributed by atoms with Gasteiger partial charge in [0.15, 0.2) is 10.8 Å². The fraction of sp³-hybridized carbons (Fsp3) is 0.429. The lowest BCUT2D eigenvalue weighted by molar-refractivity contribution is -0.136. The molecule has 14 nitrogen and oxygen atoms in total. The van der Waals surface area contributed by atoms with Crippen LogP contribution in [0.2, 0.25) is 0 Å². The summed E-state index contributed by atoms with van der Waals surface area (Å²) in [5.74, 6) is -0.561. The van der Waals surface area contributed by atoms with E-state index >= 15 is 0 Å². The molecule has 6 heterocycles. The summed E-state index contributed by atoms with van der Waals surface area (Å²) < 4.78 is 0. The molecule has 4 fully saturated rings. The highest BCUT2D eigenvalue weighted by atomic mass is 32.1. The number of aryl methyl sites for hydroxylation is 1. The van der Waals surface area contributed by atoms with Crippen LogP contribution in [0.4, 0.5) is 22.9 Å². The molecular formula is C42H45N9O5S. The molecule has 5 amide bonds. The minimum absolute atomic E-state index is 0.0909. The van der Waals surface area contributed by atoms with Crippen molar-refractivity contribution in [3.8, 4) is 0 Å². The van der Waals surface area contributed by atoms with Gasteiger partial charge in [-0.2, -0.15) is 0 Å². The van der Waals surface area contributed by atoms with Crippen LogP contribution in [-0.4, -0.2) is 112 Å². The van der Waals surface area contributed by atoms with Crippen LogP contribution in [-0.2, 0) is 20.9 Å². The lowest BCUT2D eigenvalue weighted by Gasteiger charge is -2.40. The van der Waals surface area contributed by atoms with Gasteiger partial charge < -0.3 is 14.7 Å². The second kappa shape index (κ2) is 15.0. The Morgan fingerprint density at radius 3 is 2.25 bits per heavy atom. The SMILES string of the molecule is [C-]#[N+]c1ccc(N2C(=O)C(C)(C)N(Cc3ccc(N4CCC(CN5CCN(c6ccc7c(c6)C(=O)N(C6CCC(=O)NC6=O)C7=O)CC5)CC4)nc3)C2=S)cc1C. The number of imide groups is 2. The van der Waals surface area contributed by atoms with Crippen molar-refractivity contribution in [2.45, 2.75) is 64.6 Å². The summed E-state index contributed by atoms with van der Waals surface area (Å²) in [4.78, 5) is 84.1. The molecule has 1 atom stereocenters. The molecule has 1 unspecified atom stereocenters. The lowest BCUT2D eigenvalue weighted by atomic mass is 9.96. The van der Waals surface area contributed by atoms with Crippen molar-refractivity contribution in [1.82, 2.24) is 25.0 Å². The molecule has 0 aliphatic carbocycles. The molecular weight excluding hydrogens is 743 g/mol. The van der Waals surface area contributed by atoms with E-state index in [9.17, 15) is 24.0 Å². The quantitative estimate of drug-likeness (QED) is 0.199. The largest absolute Gasteiger partial charge is 0.369 e. The first kappa shape index (κ1) is 38.2. The molecule has 15 heteroatoms. The van der Waals surface area contributed by atoms with Gasteiger partial charge >= 0.3 is 0 Å². The van der Waals surface area contributed by atoms with Gasteiger partial charge in [0.25, 0.3) is 17.7 Å². The van der Waals surface area contributed by atoms with E-state index in [1.165, 1.54) is 0 Å². The van der Waals surface area contributed by atoms with Crippen molar-refractivity contribution in [3.05, 3.63) is 88.4 Å². The van der Waals surface area contributed by atoms with Gasteiger partial charge in [-0.15, -0.1) is 0 Å². The molecule has 0 spiro atoms. The van der Waals surface area contributed by atoms with E-state index in [1.54, 1.807) is 29.2 Å². The second-order valence-corrected chi connectivity index (χ2v) is 16.4. The monoisotopic (exact) mass is 787 g/mol. The zero-order valence-electron chi connectivity index (χ0n) is 32.4. The van der Waals surface area contributed by atoms with Gasteiger partial charge in [-0.05, 0) is 106 Å². The molecule has 8 rings (SSSR count). The molecule has 2 aromatic carbocycles. The van der Waals surface area contributed by atoms with Crippen molar-refractivity contribution in [1.29, 1.82) is 0 Å². The van der Waals surface area contributed by atoms with E-state index in [4.69, 9.17) is 23.8 Å². The topological polar surface area (TPSA) is 134 Å². The number of amides is 5. The highest BCUT2D eigenvalue weighted by molar-refractivity contribution is 7.80. The molecule has 0 bridgehead atoms. The van der Waals surface area contributed by atoms with Crippen molar-refractivity contribution in [2.24, 2.45) is 5.92 Å². The van der Waals surface area contributed by atoms with Gasteiger partial charge in [0.05, 0.1) is 17.7 Å². The Bertz CT molecular complexity index is 2220. The number of pyridine rings is 1. The van der Waals surface area contributed by atoms with E-state index in [2.05, 4.69) is 37.0 Å². The fourth-order valence-electron chi connectivity index (χ4n) is 8.67. The Labute approximate surface area is 337 Å². The van der Waals surface area contributed by atoms with Crippen molar-refractivity contribution >= 4 is 69.7 Å². The van der Waals surface area contributed by atoms with E-state index in [1.807, 2.05) is 44.0 Å². The Balaban J connectivity index is 0.812. The van der Waals surface area contributed by atoms with Crippen LogP contribution in [0, 0.1) is 19.4 Å². The third-order valence-electron chi connectivity index (χ3n) is 12.1. The molecule has 3 aromatic rings. The van der Waals surface area contributed by atoms with Crippen LogP contribution in [0.15, 0.2) is 54.7 Å². The van der Waals surface area contributed by atoms with E-state index in [-0.39, 0.29) is 18.7 Å². The maximum Gasteiger partial charge on any atom is 0.262 e. The Hall–Kier alpha value is -5.72. The Kier molecular flexibility index (Phi) is 10.0. The minimum Gasteiger partial charge on any atom is -0.369 e. The Morgan fingerprint density at radius 1 is 0.860 bits per heavy atom. The highest BCUT2D eigenvalue weighted by Crippen LogP contribution is 2.36. The van der Waals surface area contributed by atoms with Crippen molar-refractivity contribution in [3.63, 3.8) is 0 Å². The average molecular weight is 788 g/mol. The minimum atomic E-state index is -0.974. The fourth-order valence-corrected chi connectivity index (χ4v) is 9.15. The molecule has 0 radical (unpaired) electrons. The molecule has 57 heavy (non-hydrogen) atoms. The predicted molar refractivity (Wildman–Crippen MR) is 218 cm³/mol. The first-order valence-electron chi connectivity index (χ1n) is 19.5. The lowest BCUT2D eigenvalue weighted by Crippen LogP contribution is -2.54. The molecule has 1 N–H and O–H groups in total. The number of piperidine rings is 2. The molecule has 1 aromatic heterocycles. The predicted octanol–water partition coefficient (Wildman–Crippen LogP) is 4.29. The molecule has 5 aliphatic heterocycles. The van der Waals surface area contributed by atoms with E-state index in [0.717, 1.165) is 86.2 Å². The normalized spacial score (nSPS) is 21.7. The number of carbonyl (C=O) groups excluding carboxylic acids is 5. The summed E-state index contributed by atoms with van der Waals surface area (Å²) in [5.41, 5.74) is 3.62. The zero-order valence-corrected chi connectivity index (χ0v) is 33.2. The standard InChI is InChI=1S/C42H45N9O5S/c1-26-21-30(7-9-33(26)43-4)50-40(56)42(2,3)49(41(50)57)25-28-5-11-35(44-23-28)48-15-13-27(14-16-48)24-46-17-19-47(20-18-46)29-6-8-31-32(22-29)39(55)51(38(31)54)34-10-12-36(52)45-37(34)53/h5-9,11,21-23,27,34H,10,12-20,24-25H2,1-3H3,(H,45,52,53). The van der Waals surface area contributed by atoms with Gasteiger partial charge in [0.2, 0.25) is 11.8 Å². The first-order chi connectivity index (χ1) is 27.3. The maximum atomic E-state index is 13.6. The number of carbonyl (C=O) groups is 5. The molecule has 0 saturated carbocycles. The summed E-state index contributed by atoms with van der Waals surface area (Å²) in [5, 5.41) is 2.68. The van der Waals surface area contributed by atoms with Crippen LogP contribution in [0.5, 0.6) is 0 Å². The van der Waals surface area contributed by atoms with Crippen LogP contribution in [0.1, 0.15) is 71.4 Å². The number of fused-ring (bicyclic) bond motifs is 1. The van der Waals surface area contributed by atoms with Crippen LogP contribution < -0.4 is 20.0 Å². The number of benzene rings is 2. The first-order valence-corrected chi connectivity index (χ1v) is 19.9. The Morgan fingerprint density at radius 2 is 1.58 bits per heavy atom. The number of anilines is 3. The van der Waals surface area contributed by atoms with Gasteiger partial charge in [0.1, 0.15) is 17.4 Å². The van der Waals surface area contributed by atoms with Crippen molar-refractivity contribution in [2.75, 3.05) is 60.5 Å². The molecule has 294 valence electrons. The van der Waals surface area contributed by atoms with E-state index in [0.29, 0.717) is 40.1 Å². The second-order valence-electron chi connectivity index (χ2n) is 16.1. The number of nitrogens with one attached hydrogen (secondary N) is 1.